The van der Waals surface area contributed by atoms with Crippen molar-refractivity contribution in [3.05, 3.63) is 0 Å². The molecule has 0 aromatic rings. The zero-order valence-corrected chi connectivity index (χ0v) is 21.5. The zero-order valence-electron chi connectivity index (χ0n) is 20.8. The number of aliphatic hydroxyl groups is 1. The molecule has 0 aliphatic carbocycles. The van der Waals surface area contributed by atoms with Crippen LogP contribution in [0.1, 0.15) is 90.9 Å². The summed E-state index contributed by atoms with van der Waals surface area (Å²) in [5.41, 5.74) is 10.6. The molecule has 0 fully saturated rings. The molecule has 34 heavy (non-hydrogen) atoms. The summed E-state index contributed by atoms with van der Waals surface area (Å²) in [4.78, 5) is 38.1. The molecule has 1 amide bonds. The van der Waals surface area contributed by atoms with E-state index in [1.54, 1.807) is 0 Å². The Labute approximate surface area is 210 Å². The Balaban J connectivity index is 0. The van der Waals surface area contributed by atoms with Crippen molar-refractivity contribution in [2.45, 2.75) is 103 Å². The minimum atomic E-state index is -1.13. The fourth-order valence-electron chi connectivity index (χ4n) is 3.20. The first-order chi connectivity index (χ1) is 15.8. The molecule has 2 atom stereocenters. The van der Waals surface area contributed by atoms with Crippen molar-refractivity contribution in [1.82, 2.24) is 5.32 Å². The summed E-state index contributed by atoms with van der Waals surface area (Å²) in [7, 11) is 0. The molecule has 200 valence electrons. The number of esters is 2. The summed E-state index contributed by atoms with van der Waals surface area (Å²) in [6, 6.07) is -0.857. The Bertz CT molecular complexity index is 588. The normalized spacial score (nSPS) is 12.1. The van der Waals surface area contributed by atoms with Crippen molar-refractivity contribution in [1.29, 1.82) is 0 Å². The number of guanidine groups is 1. The molecule has 1 unspecified atom stereocenters. The maximum absolute atomic E-state index is 12.2. The highest BCUT2D eigenvalue weighted by Gasteiger charge is 2.22. The maximum atomic E-state index is 12.2. The van der Waals surface area contributed by atoms with E-state index in [1.807, 2.05) is 0 Å². The SMILES string of the molecule is CCCCCCCCCCCC(=O)OCC(O)COC(=O)[C@H](CCC[NH+]=C(N)N)NC(C)=O.[Cl-]. The number of hydrogen-bond donors (Lipinski definition) is 5. The van der Waals surface area contributed by atoms with E-state index in [4.69, 9.17) is 20.9 Å². The van der Waals surface area contributed by atoms with Crippen LogP contribution >= 0.6 is 0 Å². The molecule has 0 aromatic heterocycles. The first-order valence-electron chi connectivity index (χ1n) is 12.1. The van der Waals surface area contributed by atoms with Crippen LogP contribution in [0, 0.1) is 0 Å². The summed E-state index contributed by atoms with van der Waals surface area (Å²) < 4.78 is 10.1. The molecule has 0 rings (SSSR count). The van der Waals surface area contributed by atoms with Gasteiger partial charge in [-0.1, -0.05) is 58.3 Å². The number of halogens is 1. The van der Waals surface area contributed by atoms with Crippen LogP contribution in [0.2, 0.25) is 0 Å². The number of unbranched alkanes of at least 4 members (excludes halogenated alkanes) is 8. The number of carbonyl (C=O) groups excluding carboxylic acids is 3. The molecule has 0 heterocycles. The molecule has 0 aromatic carbocycles. The first-order valence-corrected chi connectivity index (χ1v) is 12.1. The van der Waals surface area contributed by atoms with Crippen LogP contribution in [0.15, 0.2) is 0 Å². The quantitative estimate of drug-likeness (QED) is 0.0501. The van der Waals surface area contributed by atoms with Gasteiger partial charge in [0.25, 0.3) is 0 Å². The van der Waals surface area contributed by atoms with Gasteiger partial charge in [-0.3, -0.25) is 26.0 Å². The summed E-state index contributed by atoms with van der Waals surface area (Å²) >= 11 is 0. The molecule has 0 saturated carbocycles. The van der Waals surface area contributed by atoms with E-state index in [-0.39, 0.29) is 43.5 Å². The highest BCUT2D eigenvalue weighted by Crippen LogP contribution is 2.11. The van der Waals surface area contributed by atoms with Gasteiger partial charge in [0.1, 0.15) is 25.4 Å². The fourth-order valence-corrected chi connectivity index (χ4v) is 3.20. The van der Waals surface area contributed by atoms with Crippen molar-refractivity contribution in [2.24, 2.45) is 11.5 Å². The van der Waals surface area contributed by atoms with Crippen molar-refractivity contribution < 1.29 is 46.4 Å². The lowest BCUT2D eigenvalue weighted by atomic mass is 10.1. The summed E-state index contributed by atoms with van der Waals surface area (Å²) in [5, 5.41) is 12.4. The molecule has 0 radical (unpaired) electrons. The van der Waals surface area contributed by atoms with Gasteiger partial charge in [0.15, 0.2) is 0 Å². The minimum Gasteiger partial charge on any atom is -1.00 e. The van der Waals surface area contributed by atoms with E-state index < -0.39 is 18.1 Å². The second-order valence-electron chi connectivity index (χ2n) is 8.32. The molecule has 0 spiro atoms. The van der Waals surface area contributed by atoms with E-state index in [1.165, 1.54) is 45.4 Å². The average Bonchev–Trinajstić information content (AvgIpc) is 2.76. The van der Waals surface area contributed by atoms with Crippen LogP contribution in [-0.4, -0.2) is 60.8 Å². The largest absolute Gasteiger partial charge is 1.00 e. The van der Waals surface area contributed by atoms with Gasteiger partial charge in [0.2, 0.25) is 5.91 Å². The number of hydrogen-bond acceptors (Lipinski definition) is 6. The molecule has 0 bridgehead atoms. The second kappa shape index (κ2) is 22.7. The Morgan fingerprint density at radius 2 is 1.47 bits per heavy atom. The number of nitrogens with two attached hydrogens (primary N) is 2. The van der Waals surface area contributed by atoms with Gasteiger partial charge in [-0.25, -0.2) is 4.79 Å². The number of rotatable bonds is 20. The predicted molar refractivity (Wildman–Crippen MR) is 126 cm³/mol. The molecule has 0 aliphatic heterocycles. The fraction of sp³-hybridized carbons (Fsp3) is 0.826. The van der Waals surface area contributed by atoms with Crippen LogP contribution in [0.5, 0.6) is 0 Å². The lowest BCUT2D eigenvalue weighted by Crippen LogP contribution is -3.00. The van der Waals surface area contributed by atoms with Crippen LogP contribution in [0.4, 0.5) is 0 Å². The highest BCUT2D eigenvalue weighted by molar-refractivity contribution is 5.83. The third-order valence-electron chi connectivity index (χ3n) is 5.00. The number of carbonyl (C=O) groups is 3. The van der Waals surface area contributed by atoms with E-state index in [2.05, 4.69) is 17.2 Å². The third-order valence-corrected chi connectivity index (χ3v) is 5.00. The number of amides is 1. The van der Waals surface area contributed by atoms with Gasteiger partial charge in [-0.2, -0.15) is 0 Å². The third kappa shape index (κ3) is 21.8. The molecule has 10 nitrogen and oxygen atoms in total. The van der Waals surface area contributed by atoms with Crippen LogP contribution in [0.25, 0.3) is 0 Å². The highest BCUT2D eigenvalue weighted by atomic mass is 35.5. The Morgan fingerprint density at radius 1 is 0.912 bits per heavy atom. The van der Waals surface area contributed by atoms with Crippen LogP contribution < -0.4 is 34.2 Å². The summed E-state index contributed by atoms with van der Waals surface area (Å²) in [5.74, 6) is -1.34. The molecule has 7 N–H and O–H groups in total. The van der Waals surface area contributed by atoms with E-state index in [9.17, 15) is 19.5 Å². The topological polar surface area (TPSA) is 168 Å². The summed E-state index contributed by atoms with van der Waals surface area (Å²) in [6.45, 7) is 3.36. The van der Waals surface area contributed by atoms with Crippen molar-refractivity contribution in [3.8, 4) is 0 Å². The summed E-state index contributed by atoms with van der Waals surface area (Å²) in [6.07, 6.45) is 10.4. The van der Waals surface area contributed by atoms with Gasteiger partial charge in [0, 0.05) is 13.3 Å². The van der Waals surface area contributed by atoms with Gasteiger partial charge in [-0.05, 0) is 19.3 Å². The number of aliphatic hydroxyl groups excluding tert-OH is 1. The molecular formula is C23H45ClN4O6. The molecule has 11 heteroatoms. The second-order valence-corrected chi connectivity index (χ2v) is 8.32. The van der Waals surface area contributed by atoms with Gasteiger partial charge >= 0.3 is 17.9 Å². The predicted octanol–water partition coefficient (Wildman–Crippen LogP) is -3.00. The minimum absolute atomic E-state index is 0. The lowest BCUT2D eigenvalue weighted by molar-refractivity contribution is -0.459. The van der Waals surface area contributed by atoms with E-state index in [0.29, 0.717) is 25.8 Å². The van der Waals surface area contributed by atoms with Gasteiger partial charge in [-0.15, -0.1) is 0 Å². The van der Waals surface area contributed by atoms with Gasteiger partial charge in [0.05, 0.1) is 6.54 Å². The Morgan fingerprint density at radius 3 is 2.03 bits per heavy atom. The lowest BCUT2D eigenvalue weighted by Gasteiger charge is -2.18. The molecule has 0 saturated heterocycles. The number of nitrogens with one attached hydrogen (secondary N) is 2. The van der Waals surface area contributed by atoms with Gasteiger partial charge < -0.3 is 32.3 Å². The van der Waals surface area contributed by atoms with E-state index in [0.717, 1.165) is 19.3 Å². The van der Waals surface area contributed by atoms with Crippen molar-refractivity contribution >= 4 is 23.8 Å². The molecule has 0 aliphatic rings. The molecular weight excluding hydrogens is 464 g/mol. The zero-order chi connectivity index (χ0) is 24.9. The Kier molecular flexibility index (Phi) is 22.8. The standard InChI is InChI=1S/C23H44N4O6.ClH/c1-3-4-5-6-7-8-9-10-11-14-21(30)32-16-19(29)17-33-22(31)20(27-18(2)28)13-12-15-26-23(24)25;/h19-20,29H,3-17H2,1-2H3,(H,27,28)(H4,24,25,26);1H/t19?,20-;/m0./s1. The van der Waals surface area contributed by atoms with Crippen LogP contribution in [0.3, 0.4) is 0 Å². The van der Waals surface area contributed by atoms with Crippen molar-refractivity contribution in [3.63, 3.8) is 0 Å². The monoisotopic (exact) mass is 508 g/mol. The Hall–Kier alpha value is -2.07. The number of ether oxygens (including phenoxy) is 2. The van der Waals surface area contributed by atoms with Crippen LogP contribution in [-0.2, 0) is 23.9 Å². The smallest absolute Gasteiger partial charge is 0.338 e. The average molecular weight is 509 g/mol. The maximum Gasteiger partial charge on any atom is 0.338 e. The van der Waals surface area contributed by atoms with Crippen molar-refractivity contribution in [2.75, 3.05) is 19.8 Å². The van der Waals surface area contributed by atoms with E-state index >= 15 is 0 Å². The first kappa shape index (κ1) is 34.1.